The topological polar surface area (TPSA) is 29.5 Å². The molecule has 0 spiro atoms. The van der Waals surface area contributed by atoms with Crippen LogP contribution in [0.25, 0.3) is 0 Å². The van der Waals surface area contributed by atoms with Gasteiger partial charge in [0.1, 0.15) is 6.61 Å². The van der Waals surface area contributed by atoms with Crippen LogP contribution in [0.3, 0.4) is 0 Å². The number of carbonyl (C=O) groups is 1. The number of carbonyl (C=O) groups excluding carboxylic acids is 1. The zero-order valence-electron chi connectivity index (χ0n) is 18.2. The van der Waals surface area contributed by atoms with Crippen LogP contribution < -0.4 is 0 Å². The van der Waals surface area contributed by atoms with Crippen LogP contribution in [-0.4, -0.2) is 23.1 Å². The molecule has 0 saturated heterocycles. The molecule has 4 heteroatoms. The first-order valence-electron chi connectivity index (χ1n) is 10.7. The van der Waals surface area contributed by atoms with Gasteiger partial charge in [-0.1, -0.05) is 105 Å². The lowest BCUT2D eigenvalue weighted by Crippen LogP contribution is -2.48. The van der Waals surface area contributed by atoms with Crippen LogP contribution in [0.2, 0.25) is 0 Å². The van der Waals surface area contributed by atoms with Gasteiger partial charge in [0.15, 0.2) is 0 Å². The molecule has 3 aromatic rings. The highest BCUT2D eigenvalue weighted by Gasteiger charge is 2.36. The molecule has 0 heterocycles. The third kappa shape index (κ3) is 6.76. The van der Waals surface area contributed by atoms with Crippen molar-refractivity contribution in [1.29, 1.82) is 0 Å². The number of nitrogens with zero attached hydrogens (tertiary/aromatic N) is 1. The number of esters is 1. The van der Waals surface area contributed by atoms with E-state index in [1.165, 1.54) is 0 Å². The van der Waals surface area contributed by atoms with Gasteiger partial charge in [0.05, 0.1) is 6.04 Å². The first-order chi connectivity index (χ1) is 15.0. The van der Waals surface area contributed by atoms with Gasteiger partial charge < -0.3 is 4.74 Å². The van der Waals surface area contributed by atoms with Crippen molar-refractivity contribution in [2.24, 2.45) is 5.92 Å². The number of hydrogen-bond donors (Lipinski definition) is 0. The molecule has 0 fully saturated rings. The molecule has 3 aromatic carbocycles. The maximum absolute atomic E-state index is 15.6. The maximum atomic E-state index is 15.6. The molecule has 3 nitrogen and oxygen atoms in total. The van der Waals surface area contributed by atoms with Crippen molar-refractivity contribution in [3.8, 4) is 0 Å². The molecule has 0 N–H and O–H groups in total. The van der Waals surface area contributed by atoms with Crippen molar-refractivity contribution in [3.05, 3.63) is 108 Å². The van der Waals surface area contributed by atoms with Crippen LogP contribution in [-0.2, 0) is 29.2 Å². The van der Waals surface area contributed by atoms with Gasteiger partial charge >= 0.3 is 5.97 Å². The Morgan fingerprint density at radius 1 is 0.774 bits per heavy atom. The summed E-state index contributed by atoms with van der Waals surface area (Å²) < 4.78 is 20.9. The number of ether oxygens (including phenoxy) is 1. The van der Waals surface area contributed by atoms with Crippen LogP contribution in [0.4, 0.5) is 4.39 Å². The summed E-state index contributed by atoms with van der Waals surface area (Å²) in [5.74, 6) is -0.889. The fourth-order valence-corrected chi connectivity index (χ4v) is 3.79. The Morgan fingerprint density at radius 3 is 1.61 bits per heavy atom. The molecule has 3 rings (SSSR count). The lowest BCUT2D eigenvalue weighted by molar-refractivity contribution is -0.155. The number of alkyl halides is 1. The number of rotatable bonds is 10. The third-order valence-electron chi connectivity index (χ3n) is 5.31. The van der Waals surface area contributed by atoms with E-state index in [-0.39, 0.29) is 12.5 Å². The quantitative estimate of drug-likeness (QED) is 0.389. The summed E-state index contributed by atoms with van der Waals surface area (Å²) in [6, 6.07) is 28.7. The van der Waals surface area contributed by atoms with Gasteiger partial charge in [0, 0.05) is 13.1 Å². The summed E-state index contributed by atoms with van der Waals surface area (Å²) in [6.07, 6.45) is -1.74. The summed E-state index contributed by atoms with van der Waals surface area (Å²) in [4.78, 5) is 14.7. The van der Waals surface area contributed by atoms with Crippen molar-refractivity contribution in [3.63, 3.8) is 0 Å². The molecular weight excluding hydrogens is 389 g/mol. The van der Waals surface area contributed by atoms with Gasteiger partial charge in [-0.15, -0.1) is 0 Å². The number of hydrogen-bond acceptors (Lipinski definition) is 3. The van der Waals surface area contributed by atoms with E-state index >= 15 is 4.39 Å². The molecule has 2 atom stereocenters. The number of halogens is 1. The Kier molecular flexibility index (Phi) is 8.36. The molecular formula is C27H30FNO2. The van der Waals surface area contributed by atoms with Crippen LogP contribution in [0.5, 0.6) is 0 Å². The van der Waals surface area contributed by atoms with Crippen molar-refractivity contribution < 1.29 is 13.9 Å². The van der Waals surface area contributed by atoms with E-state index in [9.17, 15) is 4.79 Å². The minimum absolute atomic E-state index is 0.0717. The van der Waals surface area contributed by atoms with Crippen LogP contribution in [0.1, 0.15) is 30.5 Å². The molecule has 0 aliphatic heterocycles. The summed E-state index contributed by atoms with van der Waals surface area (Å²) >= 11 is 0. The Morgan fingerprint density at radius 2 is 1.19 bits per heavy atom. The number of benzene rings is 3. The van der Waals surface area contributed by atoms with Gasteiger partial charge in [0.2, 0.25) is 6.17 Å². The van der Waals surface area contributed by atoms with Gasteiger partial charge in [0.25, 0.3) is 0 Å². The van der Waals surface area contributed by atoms with Crippen LogP contribution >= 0.6 is 0 Å². The zero-order valence-corrected chi connectivity index (χ0v) is 18.2. The van der Waals surface area contributed by atoms with E-state index in [2.05, 4.69) is 0 Å². The van der Waals surface area contributed by atoms with E-state index in [4.69, 9.17) is 4.74 Å². The highest BCUT2D eigenvalue weighted by Crippen LogP contribution is 2.24. The summed E-state index contributed by atoms with van der Waals surface area (Å²) in [5, 5.41) is 0. The van der Waals surface area contributed by atoms with Crippen molar-refractivity contribution in [2.75, 3.05) is 0 Å². The molecule has 0 aromatic heterocycles. The van der Waals surface area contributed by atoms with Crippen LogP contribution in [0, 0.1) is 5.92 Å². The summed E-state index contributed by atoms with van der Waals surface area (Å²) in [5.41, 5.74) is 3.00. The van der Waals surface area contributed by atoms with E-state index in [1.807, 2.05) is 110 Å². The predicted molar refractivity (Wildman–Crippen MR) is 122 cm³/mol. The minimum atomic E-state index is -1.74. The van der Waals surface area contributed by atoms with E-state index in [0.29, 0.717) is 13.1 Å². The zero-order chi connectivity index (χ0) is 22.1. The van der Waals surface area contributed by atoms with Gasteiger partial charge in [-0.05, 0) is 22.6 Å². The average Bonchev–Trinajstić information content (AvgIpc) is 2.79. The van der Waals surface area contributed by atoms with E-state index in [1.54, 1.807) is 0 Å². The van der Waals surface area contributed by atoms with Gasteiger partial charge in [-0.3, -0.25) is 4.90 Å². The predicted octanol–water partition coefficient (Wildman–Crippen LogP) is 5.79. The third-order valence-corrected chi connectivity index (χ3v) is 5.31. The Hall–Kier alpha value is -2.98. The van der Waals surface area contributed by atoms with E-state index < -0.39 is 18.2 Å². The molecule has 0 aliphatic rings. The molecule has 0 radical (unpaired) electrons. The molecule has 0 bridgehead atoms. The SMILES string of the molecule is CC(C)[C@H]([C@@H](F)C(=O)OCc1ccccc1)N(Cc1ccccc1)Cc1ccccc1. The molecule has 31 heavy (non-hydrogen) atoms. The second kappa shape index (κ2) is 11.4. The standard InChI is InChI=1S/C27H30FNO2/c1-21(2)26(25(28)27(30)31-20-24-16-10-5-11-17-24)29(18-22-12-6-3-7-13-22)19-23-14-8-4-9-15-23/h3-17,21,25-26H,18-20H2,1-2H3/t25-,26-/m1/s1. The fraction of sp³-hybridized carbons (Fsp3) is 0.296. The maximum Gasteiger partial charge on any atom is 0.342 e. The fourth-order valence-electron chi connectivity index (χ4n) is 3.79. The lowest BCUT2D eigenvalue weighted by atomic mass is 9.96. The lowest BCUT2D eigenvalue weighted by Gasteiger charge is -2.36. The second-order valence-electron chi connectivity index (χ2n) is 8.11. The molecule has 0 saturated carbocycles. The smallest absolute Gasteiger partial charge is 0.342 e. The largest absolute Gasteiger partial charge is 0.459 e. The van der Waals surface area contributed by atoms with Gasteiger partial charge in [-0.25, -0.2) is 9.18 Å². The average molecular weight is 420 g/mol. The Labute approximate surface area is 184 Å². The monoisotopic (exact) mass is 419 g/mol. The van der Waals surface area contributed by atoms with Crippen LogP contribution in [0.15, 0.2) is 91.0 Å². The van der Waals surface area contributed by atoms with Gasteiger partial charge in [-0.2, -0.15) is 0 Å². The molecule has 0 aliphatic carbocycles. The normalized spacial score (nSPS) is 13.2. The molecule has 162 valence electrons. The molecule has 0 unspecified atom stereocenters. The Balaban J connectivity index is 1.78. The molecule has 0 amide bonds. The first kappa shape index (κ1) is 22.7. The summed E-state index contributed by atoms with van der Waals surface area (Å²) in [6.45, 7) is 5.06. The summed E-state index contributed by atoms with van der Waals surface area (Å²) in [7, 11) is 0. The van der Waals surface area contributed by atoms with E-state index in [0.717, 1.165) is 16.7 Å². The highest BCUT2D eigenvalue weighted by atomic mass is 19.1. The first-order valence-corrected chi connectivity index (χ1v) is 10.7. The highest BCUT2D eigenvalue weighted by molar-refractivity contribution is 5.75. The Bertz CT molecular complexity index is 874. The second-order valence-corrected chi connectivity index (χ2v) is 8.11. The van der Waals surface area contributed by atoms with Crippen molar-refractivity contribution >= 4 is 5.97 Å². The van der Waals surface area contributed by atoms with Crippen molar-refractivity contribution in [1.82, 2.24) is 4.90 Å². The minimum Gasteiger partial charge on any atom is -0.459 e. The van der Waals surface area contributed by atoms with Crippen molar-refractivity contribution in [2.45, 2.75) is 45.8 Å².